The minimum atomic E-state index is -4.05. The summed E-state index contributed by atoms with van der Waals surface area (Å²) >= 11 is 0. The van der Waals surface area contributed by atoms with Crippen LogP contribution in [-0.2, 0) is 0 Å². The molecule has 2 rings (SSSR count). The molecular weight excluding hydrogens is 241 g/mol. The summed E-state index contributed by atoms with van der Waals surface area (Å²) in [7, 11) is 0. The van der Waals surface area contributed by atoms with E-state index < -0.39 is 12.1 Å². The summed E-state index contributed by atoms with van der Waals surface area (Å²) in [6.07, 6.45) is 2.23. The van der Waals surface area contributed by atoms with Gasteiger partial charge in [0.25, 0.3) is 0 Å². The zero-order valence-corrected chi connectivity index (χ0v) is 10.8. The third kappa shape index (κ3) is 3.60. The number of rotatable bonds is 2. The topological polar surface area (TPSA) is 29.3 Å². The van der Waals surface area contributed by atoms with E-state index in [0.29, 0.717) is 13.0 Å². The Morgan fingerprint density at radius 3 is 2.39 bits per heavy atom. The number of hydrogen-bond acceptors (Lipinski definition) is 2. The van der Waals surface area contributed by atoms with Gasteiger partial charge in [0.05, 0.1) is 5.92 Å². The van der Waals surface area contributed by atoms with Crippen LogP contribution in [0.15, 0.2) is 0 Å². The molecule has 1 atom stereocenters. The normalized spacial score (nSPS) is 30.3. The van der Waals surface area contributed by atoms with Crippen molar-refractivity contribution >= 4 is 0 Å². The van der Waals surface area contributed by atoms with E-state index in [0.717, 1.165) is 32.2 Å². The van der Waals surface area contributed by atoms with Gasteiger partial charge in [0.1, 0.15) is 0 Å². The van der Waals surface area contributed by atoms with Crippen LogP contribution in [0.4, 0.5) is 13.2 Å². The van der Waals surface area contributed by atoms with Crippen LogP contribution in [0, 0.1) is 5.92 Å². The van der Waals surface area contributed by atoms with E-state index in [9.17, 15) is 13.2 Å². The fraction of sp³-hybridized carbons (Fsp3) is 1.00. The van der Waals surface area contributed by atoms with Crippen LogP contribution in [0.5, 0.6) is 0 Å². The van der Waals surface area contributed by atoms with Gasteiger partial charge in [-0.1, -0.05) is 19.3 Å². The number of halogens is 3. The van der Waals surface area contributed by atoms with Gasteiger partial charge in [0.2, 0.25) is 0 Å². The van der Waals surface area contributed by atoms with Crippen LogP contribution in [0.3, 0.4) is 0 Å². The van der Waals surface area contributed by atoms with Gasteiger partial charge in [0.15, 0.2) is 0 Å². The van der Waals surface area contributed by atoms with Gasteiger partial charge in [-0.05, 0) is 32.2 Å². The van der Waals surface area contributed by atoms with Crippen LogP contribution >= 0.6 is 0 Å². The van der Waals surface area contributed by atoms with Crippen LogP contribution < -0.4 is 5.73 Å². The van der Waals surface area contributed by atoms with Gasteiger partial charge in [-0.15, -0.1) is 0 Å². The summed E-state index contributed by atoms with van der Waals surface area (Å²) in [5.41, 5.74) is 6.08. The Morgan fingerprint density at radius 2 is 1.78 bits per heavy atom. The maximum Gasteiger partial charge on any atom is 0.393 e. The molecule has 2 N–H and O–H groups in total. The third-order valence-corrected chi connectivity index (χ3v) is 4.36. The van der Waals surface area contributed by atoms with Crippen LogP contribution in [0.25, 0.3) is 0 Å². The zero-order valence-electron chi connectivity index (χ0n) is 10.8. The Balaban J connectivity index is 1.89. The van der Waals surface area contributed by atoms with Gasteiger partial charge in [-0.2, -0.15) is 13.2 Å². The van der Waals surface area contributed by atoms with Gasteiger partial charge in [0, 0.05) is 18.6 Å². The summed E-state index contributed by atoms with van der Waals surface area (Å²) in [6, 6.07) is 0. The minimum absolute atomic E-state index is 0.141. The number of nitrogens with two attached hydrogens (primary N) is 1. The summed E-state index contributed by atoms with van der Waals surface area (Å²) in [5, 5.41) is 0. The van der Waals surface area contributed by atoms with E-state index in [2.05, 4.69) is 0 Å². The smallest absolute Gasteiger partial charge is 0.324 e. The first kappa shape index (κ1) is 14.1. The van der Waals surface area contributed by atoms with Gasteiger partial charge in [-0.3, -0.25) is 0 Å². The molecule has 1 aliphatic carbocycles. The van der Waals surface area contributed by atoms with Crippen molar-refractivity contribution < 1.29 is 13.2 Å². The lowest BCUT2D eigenvalue weighted by atomic mass is 9.81. The molecule has 1 saturated heterocycles. The van der Waals surface area contributed by atoms with Crippen LogP contribution in [0.1, 0.15) is 44.9 Å². The first-order chi connectivity index (χ1) is 8.39. The molecular formula is C13H23F3N2. The quantitative estimate of drug-likeness (QED) is 0.831. The van der Waals surface area contributed by atoms with Crippen molar-refractivity contribution in [3.63, 3.8) is 0 Å². The van der Waals surface area contributed by atoms with Gasteiger partial charge in [-0.25, -0.2) is 0 Å². The molecule has 0 spiro atoms. The predicted octanol–water partition coefficient (Wildman–Crippen LogP) is 2.92. The summed E-state index contributed by atoms with van der Waals surface area (Å²) in [6.45, 7) is 1.55. The Morgan fingerprint density at radius 1 is 1.11 bits per heavy atom. The van der Waals surface area contributed by atoms with Gasteiger partial charge < -0.3 is 10.6 Å². The molecule has 2 fully saturated rings. The Labute approximate surface area is 107 Å². The van der Waals surface area contributed by atoms with Crippen LogP contribution in [-0.4, -0.2) is 36.2 Å². The highest BCUT2D eigenvalue weighted by Crippen LogP contribution is 2.34. The molecule has 18 heavy (non-hydrogen) atoms. The molecule has 2 nitrogen and oxygen atoms in total. The zero-order chi connectivity index (χ0) is 13.2. The molecule has 106 valence electrons. The second-order valence-corrected chi connectivity index (χ2v) is 6.04. The second kappa shape index (κ2) is 5.37. The molecule has 1 unspecified atom stereocenters. The highest BCUT2D eigenvalue weighted by Gasteiger charge is 2.42. The summed E-state index contributed by atoms with van der Waals surface area (Å²) < 4.78 is 38.2. The van der Waals surface area contributed by atoms with Crippen molar-refractivity contribution in [2.75, 3.05) is 19.6 Å². The minimum Gasteiger partial charge on any atom is -0.324 e. The fourth-order valence-corrected chi connectivity index (χ4v) is 3.33. The number of hydrogen-bond donors (Lipinski definition) is 1. The fourth-order valence-electron chi connectivity index (χ4n) is 3.33. The van der Waals surface area contributed by atoms with Gasteiger partial charge >= 0.3 is 6.18 Å². The Hall–Kier alpha value is -0.290. The SMILES string of the molecule is NC1(CN2CCCC(C(F)(F)F)C2)CCCCC1. The van der Waals surface area contributed by atoms with E-state index in [-0.39, 0.29) is 18.5 Å². The molecule has 2 aliphatic rings. The maximum atomic E-state index is 12.7. The average Bonchev–Trinajstić information content (AvgIpc) is 2.28. The third-order valence-electron chi connectivity index (χ3n) is 4.36. The standard InChI is InChI=1S/C13H23F3N2/c14-13(15,16)11-5-4-8-18(9-11)10-12(17)6-2-1-3-7-12/h11H,1-10,17H2. The average molecular weight is 264 g/mol. The molecule has 0 aromatic rings. The Kier molecular flexibility index (Phi) is 4.22. The lowest BCUT2D eigenvalue weighted by Crippen LogP contribution is -2.54. The van der Waals surface area contributed by atoms with Crippen molar-refractivity contribution in [3.8, 4) is 0 Å². The van der Waals surface area contributed by atoms with Crippen molar-refractivity contribution in [2.24, 2.45) is 11.7 Å². The molecule has 5 heteroatoms. The van der Waals surface area contributed by atoms with E-state index in [4.69, 9.17) is 5.73 Å². The van der Waals surface area contributed by atoms with E-state index in [1.807, 2.05) is 4.90 Å². The lowest BCUT2D eigenvalue weighted by molar-refractivity contribution is -0.187. The highest BCUT2D eigenvalue weighted by molar-refractivity contribution is 4.92. The maximum absolute atomic E-state index is 12.7. The first-order valence-electron chi connectivity index (χ1n) is 6.97. The van der Waals surface area contributed by atoms with Crippen LogP contribution in [0.2, 0.25) is 0 Å². The van der Waals surface area contributed by atoms with Crippen molar-refractivity contribution in [2.45, 2.75) is 56.7 Å². The van der Waals surface area contributed by atoms with E-state index >= 15 is 0 Å². The molecule has 0 radical (unpaired) electrons. The number of alkyl halides is 3. The molecule has 0 amide bonds. The van der Waals surface area contributed by atoms with Crippen molar-refractivity contribution in [1.82, 2.24) is 4.90 Å². The number of piperidine rings is 1. The first-order valence-corrected chi connectivity index (χ1v) is 6.97. The second-order valence-electron chi connectivity index (χ2n) is 6.04. The predicted molar refractivity (Wildman–Crippen MR) is 65.2 cm³/mol. The van der Waals surface area contributed by atoms with E-state index in [1.54, 1.807) is 0 Å². The lowest BCUT2D eigenvalue weighted by Gasteiger charge is -2.41. The highest BCUT2D eigenvalue weighted by atomic mass is 19.4. The molecule has 1 saturated carbocycles. The Bertz CT molecular complexity index is 272. The van der Waals surface area contributed by atoms with Crippen molar-refractivity contribution in [1.29, 1.82) is 0 Å². The number of likely N-dealkylation sites (tertiary alicyclic amines) is 1. The van der Waals surface area contributed by atoms with E-state index in [1.165, 1.54) is 6.42 Å². The number of nitrogens with zero attached hydrogens (tertiary/aromatic N) is 1. The molecule has 1 aliphatic heterocycles. The summed E-state index contributed by atoms with van der Waals surface area (Å²) in [5.74, 6) is -1.15. The molecule has 0 aromatic carbocycles. The monoisotopic (exact) mass is 264 g/mol. The molecule has 0 aromatic heterocycles. The van der Waals surface area contributed by atoms with Crippen molar-refractivity contribution in [3.05, 3.63) is 0 Å². The largest absolute Gasteiger partial charge is 0.393 e. The molecule has 1 heterocycles. The molecule has 0 bridgehead atoms. The summed E-state index contributed by atoms with van der Waals surface area (Å²) in [4.78, 5) is 1.94.